The van der Waals surface area contributed by atoms with Gasteiger partial charge in [-0.15, -0.1) is 22.7 Å². The maximum Gasteiger partial charge on any atom is 0.159 e. The molecule has 0 N–H and O–H groups in total. The average Bonchev–Trinajstić information content (AvgIpc) is 4.12. The van der Waals surface area contributed by atoms with Gasteiger partial charge in [0.25, 0.3) is 0 Å². The predicted molar refractivity (Wildman–Crippen MR) is 269 cm³/mol. The molecule has 1 aliphatic heterocycles. The lowest BCUT2D eigenvalue weighted by atomic mass is 9.81. The highest BCUT2D eigenvalue weighted by Gasteiger charge is 2.43. The minimum absolute atomic E-state index is 0.0318. The molecule has 1 fully saturated rings. The van der Waals surface area contributed by atoms with Crippen LogP contribution in [0.15, 0.2) is 167 Å². The first kappa shape index (κ1) is 36.8. The van der Waals surface area contributed by atoms with Gasteiger partial charge in [-0.2, -0.15) is 0 Å². The molecular formula is C58H43N3OS2. The lowest BCUT2D eigenvalue weighted by Crippen LogP contribution is -2.30. The van der Waals surface area contributed by atoms with Crippen molar-refractivity contribution in [2.45, 2.75) is 51.0 Å². The van der Waals surface area contributed by atoms with Gasteiger partial charge in [0, 0.05) is 80.8 Å². The third kappa shape index (κ3) is 5.33. The van der Waals surface area contributed by atoms with Crippen molar-refractivity contribution in [3.8, 4) is 22.5 Å². The molecule has 8 aromatic rings. The Kier molecular flexibility index (Phi) is 8.18. The van der Waals surface area contributed by atoms with Gasteiger partial charge in [0.1, 0.15) is 11.4 Å². The van der Waals surface area contributed by atoms with Crippen molar-refractivity contribution in [1.29, 1.82) is 0 Å². The van der Waals surface area contributed by atoms with E-state index in [1.807, 2.05) is 22.7 Å². The fraction of sp³-hybridized carbons (Fsp3) is 0.172. The molecule has 0 amide bonds. The van der Waals surface area contributed by atoms with E-state index in [1.54, 1.807) is 0 Å². The SMILES string of the molecule is CCc1c(-c2cccc3sc4ccccc4c23)nc(C2CC=Cc3sc4c(c32)C=CCC4)nc1-c1ccc(N2C3=CC4=CC=CCC4C=C3C3C=CC=CC32)c2oc3ccccc3c12. The van der Waals surface area contributed by atoms with Gasteiger partial charge in [-0.05, 0) is 96.9 Å². The van der Waals surface area contributed by atoms with Gasteiger partial charge in [-0.1, -0.05) is 122 Å². The number of fused-ring (bicyclic) bond motifs is 13. The number of benzene rings is 4. The Bertz CT molecular complexity index is 3590. The fourth-order valence-corrected chi connectivity index (χ4v) is 14.1. The third-order valence-electron chi connectivity index (χ3n) is 14.5. The molecule has 5 heterocycles. The highest BCUT2D eigenvalue weighted by Crippen LogP contribution is 2.53. The Morgan fingerprint density at radius 2 is 1.61 bits per heavy atom. The average molecular weight is 862 g/mol. The van der Waals surface area contributed by atoms with Crippen molar-refractivity contribution in [2.75, 3.05) is 4.90 Å². The number of allylic oxidation sites excluding steroid dienone is 11. The number of aryl methyl sites for hydroxylation is 1. The zero-order valence-electron chi connectivity index (χ0n) is 35.4. The molecule has 5 aliphatic carbocycles. The number of hydrogen-bond donors (Lipinski definition) is 0. The van der Waals surface area contributed by atoms with Gasteiger partial charge in [0.15, 0.2) is 5.58 Å². The van der Waals surface area contributed by atoms with Gasteiger partial charge >= 0.3 is 0 Å². The smallest absolute Gasteiger partial charge is 0.159 e. The monoisotopic (exact) mass is 861 g/mol. The molecule has 0 radical (unpaired) electrons. The van der Waals surface area contributed by atoms with Crippen LogP contribution < -0.4 is 4.90 Å². The minimum Gasteiger partial charge on any atom is -0.454 e. The summed E-state index contributed by atoms with van der Waals surface area (Å²) in [5, 5.41) is 4.77. The Labute approximate surface area is 380 Å². The zero-order valence-corrected chi connectivity index (χ0v) is 37.1. The first-order chi connectivity index (χ1) is 31.7. The number of aromatic nitrogens is 2. The number of para-hydroxylation sites is 1. The molecule has 4 nitrogen and oxygen atoms in total. The highest BCUT2D eigenvalue weighted by molar-refractivity contribution is 7.26. The van der Waals surface area contributed by atoms with E-state index in [4.69, 9.17) is 14.4 Å². The van der Waals surface area contributed by atoms with E-state index in [2.05, 4.69) is 170 Å². The molecule has 6 heteroatoms. The van der Waals surface area contributed by atoms with E-state index in [0.29, 0.717) is 5.92 Å². The van der Waals surface area contributed by atoms with Crippen LogP contribution in [0.25, 0.3) is 76.8 Å². The maximum absolute atomic E-state index is 7.14. The molecule has 6 aliphatic rings. The molecule has 4 unspecified atom stereocenters. The maximum atomic E-state index is 7.14. The number of thiophene rings is 2. The summed E-state index contributed by atoms with van der Waals surface area (Å²) in [4.78, 5) is 17.0. The molecule has 4 atom stereocenters. The van der Waals surface area contributed by atoms with E-state index in [9.17, 15) is 0 Å². The molecule has 308 valence electrons. The van der Waals surface area contributed by atoms with Crippen molar-refractivity contribution < 1.29 is 4.42 Å². The summed E-state index contributed by atoms with van der Waals surface area (Å²) in [7, 11) is 0. The van der Waals surface area contributed by atoms with E-state index < -0.39 is 0 Å². The molecule has 64 heavy (non-hydrogen) atoms. The number of hydrogen-bond acceptors (Lipinski definition) is 6. The van der Waals surface area contributed by atoms with Crippen LogP contribution in [-0.4, -0.2) is 16.0 Å². The second-order valence-corrected chi connectivity index (χ2v) is 20.1. The lowest BCUT2D eigenvalue weighted by Gasteiger charge is -2.30. The quantitative estimate of drug-likeness (QED) is 0.173. The van der Waals surface area contributed by atoms with Crippen molar-refractivity contribution in [3.05, 3.63) is 195 Å². The molecule has 14 rings (SSSR count). The van der Waals surface area contributed by atoms with E-state index in [0.717, 1.165) is 88.1 Å². The lowest BCUT2D eigenvalue weighted by molar-refractivity contribution is 0.658. The van der Waals surface area contributed by atoms with Crippen LogP contribution >= 0.6 is 22.7 Å². The Morgan fingerprint density at radius 1 is 0.766 bits per heavy atom. The van der Waals surface area contributed by atoms with Crippen LogP contribution in [0.5, 0.6) is 0 Å². The van der Waals surface area contributed by atoms with E-state index in [-0.39, 0.29) is 17.9 Å². The van der Waals surface area contributed by atoms with Crippen molar-refractivity contribution >= 4 is 82.6 Å². The second-order valence-electron chi connectivity index (χ2n) is 17.9. The standard InChI is InChI=1S/C58H43N3OS2/c1-2-35-55(40-21-13-27-50-52(40)38-19-7-11-25-48(38)63-50)59-58(42-22-14-28-51-53(42)39-20-8-12-26-49(39)64-51)60-56(35)41-29-30-45(57-54(41)37-18-6-10-24-47(37)62-57)61-44-23-9-5-17-36(44)43-31-33-15-3-4-16-34(33)32-46(43)61/h3-11,13-14,16-21,23-25,27-33,36,42,44H,2,12,15,22,26H2,1H3. The Balaban J connectivity index is 1.05. The number of anilines is 1. The van der Waals surface area contributed by atoms with Gasteiger partial charge in [0.05, 0.1) is 23.1 Å². The summed E-state index contributed by atoms with van der Waals surface area (Å²) in [5.41, 5.74) is 15.2. The molecule has 0 saturated carbocycles. The van der Waals surface area contributed by atoms with Crippen molar-refractivity contribution in [3.63, 3.8) is 0 Å². The van der Waals surface area contributed by atoms with Gasteiger partial charge in [-0.3, -0.25) is 0 Å². The molecule has 0 bridgehead atoms. The van der Waals surface area contributed by atoms with Crippen molar-refractivity contribution in [1.82, 2.24) is 9.97 Å². The second kappa shape index (κ2) is 14.2. The topological polar surface area (TPSA) is 42.2 Å². The zero-order chi connectivity index (χ0) is 42.0. The summed E-state index contributed by atoms with van der Waals surface area (Å²) in [5.74, 6) is 1.60. The molecule has 0 spiro atoms. The normalized spacial score (nSPS) is 21.6. The van der Waals surface area contributed by atoms with Crippen LogP contribution in [0, 0.1) is 11.8 Å². The highest BCUT2D eigenvalue weighted by atomic mass is 32.1. The van der Waals surface area contributed by atoms with Crippen LogP contribution in [0.4, 0.5) is 5.69 Å². The number of furan rings is 1. The van der Waals surface area contributed by atoms with Crippen LogP contribution in [0.1, 0.15) is 64.4 Å². The first-order valence-electron chi connectivity index (χ1n) is 22.9. The van der Waals surface area contributed by atoms with Crippen LogP contribution in [-0.2, 0) is 12.8 Å². The number of nitrogens with zero attached hydrogens (tertiary/aromatic N) is 3. The third-order valence-corrected chi connectivity index (χ3v) is 16.9. The molecule has 4 aromatic carbocycles. The largest absolute Gasteiger partial charge is 0.454 e. The van der Waals surface area contributed by atoms with Gasteiger partial charge in [0.2, 0.25) is 0 Å². The minimum atomic E-state index is 0.0318. The fourth-order valence-electron chi connectivity index (χ4n) is 11.7. The Hall–Kier alpha value is -6.60. The number of rotatable bonds is 5. The molecule has 4 aromatic heterocycles. The van der Waals surface area contributed by atoms with Gasteiger partial charge in [-0.25, -0.2) is 9.97 Å². The summed E-state index contributed by atoms with van der Waals surface area (Å²) >= 11 is 3.82. The summed E-state index contributed by atoms with van der Waals surface area (Å²) in [6.07, 6.45) is 35.3. The van der Waals surface area contributed by atoms with Crippen LogP contribution in [0.3, 0.4) is 0 Å². The summed E-state index contributed by atoms with van der Waals surface area (Å²) < 4.78 is 9.71. The molecular weight excluding hydrogens is 819 g/mol. The van der Waals surface area contributed by atoms with Crippen LogP contribution in [0.2, 0.25) is 0 Å². The first-order valence-corrected chi connectivity index (χ1v) is 24.5. The predicted octanol–water partition coefficient (Wildman–Crippen LogP) is 15.5. The van der Waals surface area contributed by atoms with E-state index in [1.165, 1.54) is 63.5 Å². The van der Waals surface area contributed by atoms with Gasteiger partial charge < -0.3 is 9.32 Å². The summed E-state index contributed by atoms with van der Waals surface area (Å²) in [6, 6.07) is 29.0. The summed E-state index contributed by atoms with van der Waals surface area (Å²) in [6.45, 7) is 2.27. The van der Waals surface area contributed by atoms with E-state index >= 15 is 0 Å². The Morgan fingerprint density at radius 3 is 2.53 bits per heavy atom. The molecule has 1 saturated heterocycles. The van der Waals surface area contributed by atoms with Crippen molar-refractivity contribution in [2.24, 2.45) is 11.8 Å².